The number of aromatic nitrogens is 3. The van der Waals surface area contributed by atoms with Crippen LogP contribution < -0.4 is 10.3 Å². The highest BCUT2D eigenvalue weighted by atomic mass is 32.1. The molecule has 132 valence electrons. The lowest BCUT2D eigenvalue weighted by atomic mass is 10.2. The number of rotatable bonds is 4. The molecule has 1 aromatic carbocycles. The average Bonchev–Trinajstić information content (AvgIpc) is 3.16. The molecule has 3 aromatic heterocycles. The van der Waals surface area contributed by atoms with E-state index in [4.69, 9.17) is 4.74 Å². The van der Waals surface area contributed by atoms with Gasteiger partial charge in [-0.25, -0.2) is 4.98 Å². The fraction of sp³-hybridized carbons (Fsp3) is 0.200. The third-order valence-electron chi connectivity index (χ3n) is 4.42. The Hall–Kier alpha value is -2.86. The van der Waals surface area contributed by atoms with Crippen LogP contribution in [-0.2, 0) is 13.7 Å². The van der Waals surface area contributed by atoms with E-state index in [0.717, 1.165) is 27.4 Å². The molecule has 5 nitrogen and oxygen atoms in total. The van der Waals surface area contributed by atoms with Crippen molar-refractivity contribution < 1.29 is 4.74 Å². The first kappa shape index (κ1) is 16.6. The van der Waals surface area contributed by atoms with Crippen molar-refractivity contribution in [1.82, 2.24) is 14.1 Å². The molecular formula is C20H19N3O2S. The van der Waals surface area contributed by atoms with Crippen molar-refractivity contribution in [3.8, 4) is 11.4 Å². The van der Waals surface area contributed by atoms with E-state index in [1.54, 1.807) is 22.1 Å². The van der Waals surface area contributed by atoms with E-state index < -0.39 is 0 Å². The van der Waals surface area contributed by atoms with Crippen LogP contribution in [0.3, 0.4) is 0 Å². The zero-order valence-electron chi connectivity index (χ0n) is 14.9. The number of ether oxygens (including phenoxy) is 1. The Balaban J connectivity index is 1.61. The van der Waals surface area contributed by atoms with Gasteiger partial charge in [-0.1, -0.05) is 0 Å². The fourth-order valence-corrected chi connectivity index (χ4v) is 3.72. The van der Waals surface area contributed by atoms with Gasteiger partial charge in [0.25, 0.3) is 5.56 Å². The van der Waals surface area contributed by atoms with Gasteiger partial charge in [0.05, 0.1) is 16.7 Å². The maximum atomic E-state index is 12.5. The van der Waals surface area contributed by atoms with Crippen LogP contribution in [0.1, 0.15) is 16.3 Å². The van der Waals surface area contributed by atoms with Crippen LogP contribution in [0.4, 0.5) is 0 Å². The van der Waals surface area contributed by atoms with Gasteiger partial charge in [-0.2, -0.15) is 0 Å². The molecule has 0 saturated carbocycles. The zero-order chi connectivity index (χ0) is 18.3. The summed E-state index contributed by atoms with van der Waals surface area (Å²) in [6.45, 7) is 4.50. The third-order valence-corrected chi connectivity index (χ3v) is 5.45. The smallest absolute Gasteiger partial charge is 0.258 e. The normalized spacial score (nSPS) is 11.2. The maximum absolute atomic E-state index is 12.5. The molecule has 3 heterocycles. The summed E-state index contributed by atoms with van der Waals surface area (Å²) in [7, 11) is 1.97. The monoisotopic (exact) mass is 365 g/mol. The van der Waals surface area contributed by atoms with Gasteiger partial charge in [-0.05, 0) is 55.1 Å². The predicted octanol–water partition coefficient (Wildman–Crippen LogP) is 3.98. The van der Waals surface area contributed by atoms with E-state index in [1.165, 1.54) is 11.6 Å². The Morgan fingerprint density at radius 2 is 2.00 bits per heavy atom. The van der Waals surface area contributed by atoms with Gasteiger partial charge in [0.2, 0.25) is 0 Å². The molecule has 0 unspecified atom stereocenters. The highest BCUT2D eigenvalue weighted by Gasteiger charge is 2.08. The van der Waals surface area contributed by atoms with Crippen molar-refractivity contribution in [1.29, 1.82) is 0 Å². The molecule has 26 heavy (non-hydrogen) atoms. The first-order valence-electron chi connectivity index (χ1n) is 8.34. The van der Waals surface area contributed by atoms with Crippen molar-refractivity contribution in [2.45, 2.75) is 20.5 Å². The summed E-state index contributed by atoms with van der Waals surface area (Å²) in [5.41, 5.74) is 3.84. The minimum absolute atomic E-state index is 0.122. The number of aryl methyl sites for hydroxylation is 3. The summed E-state index contributed by atoms with van der Waals surface area (Å²) in [5.74, 6) is 1.52. The first-order chi connectivity index (χ1) is 12.5. The van der Waals surface area contributed by atoms with Gasteiger partial charge in [-0.15, -0.1) is 11.3 Å². The number of hydrogen-bond acceptors (Lipinski definition) is 4. The van der Waals surface area contributed by atoms with Crippen molar-refractivity contribution in [3.63, 3.8) is 0 Å². The second-order valence-corrected chi connectivity index (χ2v) is 7.34. The Labute approximate surface area is 155 Å². The van der Waals surface area contributed by atoms with Crippen molar-refractivity contribution in [2.75, 3.05) is 0 Å². The summed E-state index contributed by atoms with van der Waals surface area (Å²) in [6, 6.07) is 11.3. The van der Waals surface area contributed by atoms with Crippen LogP contribution in [-0.4, -0.2) is 14.1 Å². The van der Waals surface area contributed by atoms with Gasteiger partial charge >= 0.3 is 0 Å². The Morgan fingerprint density at radius 3 is 2.73 bits per heavy atom. The molecule has 0 saturated heterocycles. The largest absolute Gasteiger partial charge is 0.488 e. The highest BCUT2D eigenvalue weighted by Crippen LogP contribution is 2.20. The predicted molar refractivity (Wildman–Crippen MR) is 104 cm³/mol. The van der Waals surface area contributed by atoms with Crippen LogP contribution in [0.5, 0.6) is 5.75 Å². The molecule has 0 aliphatic rings. The second kappa shape index (κ2) is 6.46. The number of thiophene rings is 1. The average molecular weight is 365 g/mol. The number of fused-ring (bicyclic) bond motifs is 1. The molecule has 0 aliphatic heterocycles. The Kier molecular flexibility index (Phi) is 4.12. The SMILES string of the molecule is Cc1csc(COc2ccn(-c3ccc4nc(C)n(C)c4c3)c(=O)c2)c1. The quantitative estimate of drug-likeness (QED) is 0.550. The molecule has 0 aliphatic carbocycles. The molecule has 0 N–H and O–H groups in total. The van der Waals surface area contributed by atoms with Gasteiger partial charge < -0.3 is 9.30 Å². The molecular weight excluding hydrogens is 346 g/mol. The Morgan fingerprint density at radius 1 is 1.15 bits per heavy atom. The zero-order valence-corrected chi connectivity index (χ0v) is 15.7. The van der Waals surface area contributed by atoms with Crippen molar-refractivity contribution >= 4 is 22.4 Å². The maximum Gasteiger partial charge on any atom is 0.258 e. The van der Waals surface area contributed by atoms with E-state index in [2.05, 4.69) is 23.4 Å². The number of benzene rings is 1. The van der Waals surface area contributed by atoms with Gasteiger partial charge in [0, 0.05) is 24.2 Å². The van der Waals surface area contributed by atoms with E-state index in [-0.39, 0.29) is 5.56 Å². The summed E-state index contributed by atoms with van der Waals surface area (Å²) in [4.78, 5) is 18.2. The highest BCUT2D eigenvalue weighted by molar-refractivity contribution is 7.10. The van der Waals surface area contributed by atoms with Gasteiger partial charge in [0.1, 0.15) is 18.2 Å². The molecule has 0 radical (unpaired) electrons. The molecule has 0 amide bonds. The summed E-state index contributed by atoms with van der Waals surface area (Å²) in [6.07, 6.45) is 1.75. The minimum Gasteiger partial charge on any atom is -0.488 e. The van der Waals surface area contributed by atoms with E-state index in [9.17, 15) is 4.79 Å². The van der Waals surface area contributed by atoms with Crippen molar-refractivity contribution in [3.05, 3.63) is 74.6 Å². The molecule has 0 fully saturated rings. The standard InChI is InChI=1S/C20H19N3O2S/c1-13-8-17(26-12-13)11-25-16-6-7-23(20(24)10-16)15-4-5-18-19(9-15)22(3)14(2)21-18/h4-10,12H,11H2,1-3H3. The topological polar surface area (TPSA) is 49.0 Å². The van der Waals surface area contributed by atoms with Crippen LogP contribution >= 0.6 is 11.3 Å². The minimum atomic E-state index is -0.122. The first-order valence-corrected chi connectivity index (χ1v) is 9.22. The molecule has 0 bridgehead atoms. The summed E-state index contributed by atoms with van der Waals surface area (Å²) < 4.78 is 9.39. The lowest BCUT2D eigenvalue weighted by Gasteiger charge is -2.09. The lowest BCUT2D eigenvalue weighted by Crippen LogP contribution is -2.16. The number of pyridine rings is 1. The van der Waals surface area contributed by atoms with E-state index >= 15 is 0 Å². The molecule has 4 aromatic rings. The second-order valence-electron chi connectivity index (χ2n) is 6.34. The number of imidazole rings is 1. The van der Waals surface area contributed by atoms with Gasteiger partial charge in [0.15, 0.2) is 0 Å². The van der Waals surface area contributed by atoms with Gasteiger partial charge in [-0.3, -0.25) is 9.36 Å². The molecule has 0 spiro atoms. The van der Waals surface area contributed by atoms with Crippen LogP contribution in [0.25, 0.3) is 16.7 Å². The van der Waals surface area contributed by atoms with Crippen LogP contribution in [0, 0.1) is 13.8 Å². The lowest BCUT2D eigenvalue weighted by molar-refractivity contribution is 0.309. The van der Waals surface area contributed by atoms with E-state index in [0.29, 0.717) is 12.4 Å². The number of nitrogens with zero attached hydrogens (tertiary/aromatic N) is 3. The van der Waals surface area contributed by atoms with E-state index in [1.807, 2.05) is 42.8 Å². The number of hydrogen-bond donors (Lipinski definition) is 0. The fourth-order valence-electron chi connectivity index (χ4n) is 2.93. The molecule has 0 atom stereocenters. The molecule has 6 heteroatoms. The third kappa shape index (κ3) is 3.04. The van der Waals surface area contributed by atoms with Crippen LogP contribution in [0.15, 0.2) is 52.8 Å². The molecule has 4 rings (SSSR count). The van der Waals surface area contributed by atoms with Crippen molar-refractivity contribution in [2.24, 2.45) is 7.05 Å². The Bertz CT molecular complexity index is 1150. The van der Waals surface area contributed by atoms with Crippen LogP contribution in [0.2, 0.25) is 0 Å². The summed E-state index contributed by atoms with van der Waals surface area (Å²) >= 11 is 1.66. The summed E-state index contributed by atoms with van der Waals surface area (Å²) in [5, 5.41) is 2.09.